The lowest BCUT2D eigenvalue weighted by Gasteiger charge is -2.34. The molecular formula is C19H25N3O2. The molecule has 0 unspecified atom stereocenters. The van der Waals surface area contributed by atoms with Crippen LogP contribution in [0.1, 0.15) is 37.8 Å². The van der Waals surface area contributed by atoms with Crippen LogP contribution >= 0.6 is 0 Å². The maximum atomic E-state index is 12.4. The number of hydrogen-bond donors (Lipinski definition) is 0. The minimum atomic E-state index is 0.0893. The van der Waals surface area contributed by atoms with Gasteiger partial charge in [0.05, 0.1) is 6.42 Å². The molecule has 0 spiro atoms. The minimum Gasteiger partial charge on any atom is -0.339 e. The van der Waals surface area contributed by atoms with Crippen LogP contribution in [0, 0.1) is 0 Å². The van der Waals surface area contributed by atoms with Crippen LogP contribution in [0.3, 0.4) is 0 Å². The van der Waals surface area contributed by atoms with Gasteiger partial charge >= 0.3 is 0 Å². The zero-order valence-electron chi connectivity index (χ0n) is 14.1. The third kappa shape index (κ3) is 4.43. The average molecular weight is 327 g/mol. The standard InChI is InChI=1S/C19H25N3O2/c23-18(14-16-6-2-1-3-7-16)21-10-12-22(13-11-21)19(24)15-17-8-4-5-9-20-17/h4-5,8-9,14H,1-3,6-7,10-13,15H2. The number of piperazine rings is 1. The Morgan fingerprint density at radius 3 is 2.38 bits per heavy atom. The Hall–Kier alpha value is -2.17. The molecule has 2 aliphatic rings. The molecule has 0 bridgehead atoms. The molecule has 1 saturated heterocycles. The second-order valence-corrected chi connectivity index (χ2v) is 6.57. The highest BCUT2D eigenvalue weighted by Crippen LogP contribution is 2.22. The Bertz CT molecular complexity index is 596. The number of carbonyl (C=O) groups excluding carboxylic acids is 2. The van der Waals surface area contributed by atoms with Crippen molar-refractivity contribution < 1.29 is 9.59 Å². The van der Waals surface area contributed by atoms with Crippen molar-refractivity contribution in [1.29, 1.82) is 0 Å². The second kappa shape index (κ2) is 8.08. The number of hydrogen-bond acceptors (Lipinski definition) is 3. The van der Waals surface area contributed by atoms with Gasteiger partial charge in [0.2, 0.25) is 11.8 Å². The summed E-state index contributed by atoms with van der Waals surface area (Å²) in [4.78, 5) is 32.6. The number of nitrogens with zero attached hydrogens (tertiary/aromatic N) is 3. The lowest BCUT2D eigenvalue weighted by molar-refractivity contribution is -0.136. The van der Waals surface area contributed by atoms with Gasteiger partial charge in [0, 0.05) is 44.1 Å². The molecule has 5 nitrogen and oxygen atoms in total. The van der Waals surface area contributed by atoms with E-state index >= 15 is 0 Å². The zero-order valence-corrected chi connectivity index (χ0v) is 14.1. The molecule has 128 valence electrons. The van der Waals surface area contributed by atoms with Crippen LogP contribution in [-0.4, -0.2) is 52.8 Å². The molecule has 0 atom stereocenters. The van der Waals surface area contributed by atoms with Crippen LogP contribution in [-0.2, 0) is 16.0 Å². The molecule has 2 amide bonds. The number of allylic oxidation sites excluding steroid dienone is 1. The van der Waals surface area contributed by atoms with E-state index in [0.29, 0.717) is 32.6 Å². The van der Waals surface area contributed by atoms with Crippen LogP contribution in [0.2, 0.25) is 0 Å². The molecule has 1 aromatic heterocycles. The first kappa shape index (κ1) is 16.7. The average Bonchev–Trinajstić information content (AvgIpc) is 2.63. The Morgan fingerprint density at radius 2 is 1.71 bits per heavy atom. The Kier molecular flexibility index (Phi) is 5.62. The highest BCUT2D eigenvalue weighted by atomic mass is 16.2. The van der Waals surface area contributed by atoms with Crippen LogP contribution in [0.4, 0.5) is 0 Å². The van der Waals surface area contributed by atoms with Crippen LogP contribution in [0.25, 0.3) is 0 Å². The topological polar surface area (TPSA) is 53.5 Å². The fraction of sp³-hybridized carbons (Fsp3) is 0.526. The van der Waals surface area contributed by atoms with Gasteiger partial charge in [-0.3, -0.25) is 14.6 Å². The highest BCUT2D eigenvalue weighted by molar-refractivity contribution is 5.88. The number of carbonyl (C=O) groups is 2. The van der Waals surface area contributed by atoms with Crippen molar-refractivity contribution in [2.45, 2.75) is 38.5 Å². The molecular weight excluding hydrogens is 302 g/mol. The summed E-state index contributed by atoms with van der Waals surface area (Å²) in [6.45, 7) is 2.47. The van der Waals surface area contributed by atoms with Gasteiger partial charge in [-0.25, -0.2) is 0 Å². The van der Waals surface area contributed by atoms with Crippen molar-refractivity contribution in [2.24, 2.45) is 0 Å². The summed E-state index contributed by atoms with van der Waals surface area (Å²) in [6.07, 6.45) is 9.69. The van der Waals surface area contributed by atoms with Crippen molar-refractivity contribution in [3.63, 3.8) is 0 Å². The van der Waals surface area contributed by atoms with Gasteiger partial charge in [-0.15, -0.1) is 0 Å². The molecule has 1 aliphatic carbocycles. The van der Waals surface area contributed by atoms with E-state index in [-0.39, 0.29) is 11.8 Å². The summed E-state index contributed by atoms with van der Waals surface area (Å²) in [6, 6.07) is 5.61. The zero-order chi connectivity index (χ0) is 16.8. The lowest BCUT2D eigenvalue weighted by atomic mass is 9.94. The molecule has 1 saturated carbocycles. The molecule has 1 aliphatic heterocycles. The smallest absolute Gasteiger partial charge is 0.246 e. The van der Waals surface area contributed by atoms with Crippen molar-refractivity contribution in [3.8, 4) is 0 Å². The first-order valence-corrected chi connectivity index (χ1v) is 8.88. The summed E-state index contributed by atoms with van der Waals surface area (Å²) in [5.41, 5.74) is 2.09. The van der Waals surface area contributed by atoms with E-state index in [1.54, 1.807) is 6.20 Å². The summed E-state index contributed by atoms with van der Waals surface area (Å²) in [5, 5.41) is 0. The van der Waals surface area contributed by atoms with Crippen molar-refractivity contribution in [1.82, 2.24) is 14.8 Å². The normalized spacial score (nSPS) is 18.4. The minimum absolute atomic E-state index is 0.0893. The van der Waals surface area contributed by atoms with E-state index in [9.17, 15) is 9.59 Å². The van der Waals surface area contributed by atoms with Crippen molar-refractivity contribution in [2.75, 3.05) is 26.2 Å². The first-order valence-electron chi connectivity index (χ1n) is 8.88. The number of rotatable bonds is 3. The molecule has 0 N–H and O–H groups in total. The van der Waals surface area contributed by atoms with Crippen LogP contribution in [0.15, 0.2) is 36.0 Å². The van der Waals surface area contributed by atoms with E-state index < -0.39 is 0 Å². The quantitative estimate of drug-likeness (QED) is 0.800. The molecule has 2 fully saturated rings. The molecule has 2 heterocycles. The predicted molar refractivity (Wildman–Crippen MR) is 92.3 cm³/mol. The number of amides is 2. The third-order valence-corrected chi connectivity index (χ3v) is 4.83. The maximum Gasteiger partial charge on any atom is 0.246 e. The van der Waals surface area contributed by atoms with Gasteiger partial charge in [-0.05, 0) is 37.8 Å². The van der Waals surface area contributed by atoms with E-state index in [0.717, 1.165) is 18.5 Å². The SMILES string of the molecule is O=C(C=C1CCCCC1)N1CCN(C(=O)Cc2ccccn2)CC1. The molecule has 0 radical (unpaired) electrons. The fourth-order valence-electron chi connectivity index (χ4n) is 3.36. The van der Waals surface area contributed by atoms with Crippen molar-refractivity contribution >= 4 is 11.8 Å². The molecule has 5 heteroatoms. The van der Waals surface area contributed by atoms with Crippen molar-refractivity contribution in [3.05, 3.63) is 41.7 Å². The van der Waals surface area contributed by atoms with E-state index in [1.165, 1.54) is 24.8 Å². The summed E-state index contributed by atoms with van der Waals surface area (Å²) < 4.78 is 0. The maximum absolute atomic E-state index is 12.4. The van der Waals surface area contributed by atoms with Gasteiger partial charge in [0.15, 0.2) is 0 Å². The van der Waals surface area contributed by atoms with Crippen LogP contribution in [0.5, 0.6) is 0 Å². The largest absolute Gasteiger partial charge is 0.339 e. The van der Waals surface area contributed by atoms with Gasteiger partial charge in [0.1, 0.15) is 0 Å². The first-order chi connectivity index (χ1) is 11.7. The van der Waals surface area contributed by atoms with Gasteiger partial charge < -0.3 is 9.80 Å². The number of aromatic nitrogens is 1. The molecule has 24 heavy (non-hydrogen) atoms. The highest BCUT2D eigenvalue weighted by Gasteiger charge is 2.23. The predicted octanol–water partition coefficient (Wildman–Crippen LogP) is 2.19. The Balaban J connectivity index is 1.48. The van der Waals surface area contributed by atoms with Crippen LogP contribution < -0.4 is 0 Å². The second-order valence-electron chi connectivity index (χ2n) is 6.57. The third-order valence-electron chi connectivity index (χ3n) is 4.83. The lowest BCUT2D eigenvalue weighted by Crippen LogP contribution is -2.50. The van der Waals surface area contributed by atoms with Gasteiger partial charge in [0.25, 0.3) is 0 Å². The Morgan fingerprint density at radius 1 is 1.00 bits per heavy atom. The molecule has 1 aromatic rings. The monoisotopic (exact) mass is 327 g/mol. The van der Waals surface area contributed by atoms with E-state index in [2.05, 4.69) is 4.98 Å². The summed E-state index contributed by atoms with van der Waals surface area (Å²) in [7, 11) is 0. The number of pyridine rings is 1. The Labute approximate surface area is 143 Å². The van der Waals surface area contributed by atoms with Gasteiger partial charge in [-0.2, -0.15) is 0 Å². The molecule has 0 aromatic carbocycles. The fourth-order valence-corrected chi connectivity index (χ4v) is 3.36. The molecule has 3 rings (SSSR count). The summed E-state index contributed by atoms with van der Waals surface area (Å²) in [5.74, 6) is 0.204. The van der Waals surface area contributed by atoms with Gasteiger partial charge in [-0.1, -0.05) is 18.1 Å². The van der Waals surface area contributed by atoms with E-state index in [1.807, 2.05) is 34.1 Å². The summed E-state index contributed by atoms with van der Waals surface area (Å²) >= 11 is 0. The van der Waals surface area contributed by atoms with E-state index in [4.69, 9.17) is 0 Å².